The van der Waals surface area contributed by atoms with Crippen molar-refractivity contribution in [2.45, 2.75) is 86.0 Å². The van der Waals surface area contributed by atoms with Crippen LogP contribution in [0.15, 0.2) is 70.9 Å². The molecule has 0 aromatic rings. The molecule has 0 heterocycles. The highest BCUT2D eigenvalue weighted by atomic mass is 16.3. The normalized spacial score (nSPS) is 26.3. The van der Waals surface area contributed by atoms with Crippen LogP contribution in [0, 0.1) is 10.8 Å². The summed E-state index contributed by atoms with van der Waals surface area (Å²) in [5.74, 6) is -0.412. The fourth-order valence-electron chi connectivity index (χ4n) is 4.60. The van der Waals surface area contributed by atoms with Crippen LogP contribution in [0.5, 0.6) is 0 Å². The number of carbonyl (C=O) groups is 2. The average Bonchev–Trinajstić information content (AvgIpc) is 2.75. The third-order valence-corrected chi connectivity index (χ3v) is 6.94. The van der Waals surface area contributed by atoms with E-state index in [2.05, 4.69) is 6.58 Å². The minimum Gasteiger partial charge on any atom is -0.392 e. The van der Waals surface area contributed by atoms with Crippen molar-refractivity contribution in [3.8, 4) is 0 Å². The van der Waals surface area contributed by atoms with Crippen LogP contribution in [0.3, 0.4) is 0 Å². The number of hydrogen-bond acceptors (Lipinski definition) is 6. The molecule has 0 bridgehead atoms. The second-order valence-corrected chi connectivity index (χ2v) is 11.2. The molecule has 0 amide bonds. The third kappa shape index (κ3) is 8.07. The lowest BCUT2D eigenvalue weighted by atomic mass is 9.71. The molecule has 6 heteroatoms. The molecule has 0 radical (unpaired) electrons. The fraction of sp³-hybridized carbons (Fsp3) is 0.533. The molecule has 0 spiro atoms. The largest absolute Gasteiger partial charge is 0.392 e. The van der Waals surface area contributed by atoms with Crippen LogP contribution in [0.1, 0.15) is 68.2 Å². The smallest absolute Gasteiger partial charge is 0.187 e. The highest BCUT2D eigenvalue weighted by Crippen LogP contribution is 2.40. The molecule has 0 aromatic carbocycles. The zero-order chi connectivity index (χ0) is 28.1. The first-order chi connectivity index (χ1) is 16.4. The summed E-state index contributed by atoms with van der Waals surface area (Å²) in [7, 11) is 0. The van der Waals surface area contributed by atoms with Crippen LogP contribution in [0.25, 0.3) is 0 Å². The van der Waals surface area contributed by atoms with Gasteiger partial charge in [0.2, 0.25) is 0 Å². The highest BCUT2D eigenvalue weighted by molar-refractivity contribution is 6.01. The summed E-state index contributed by atoms with van der Waals surface area (Å²) in [6, 6.07) is 0. The maximum atomic E-state index is 11.8. The van der Waals surface area contributed by atoms with Gasteiger partial charge in [-0.1, -0.05) is 70.2 Å². The lowest BCUT2D eigenvalue weighted by Gasteiger charge is -2.35. The van der Waals surface area contributed by atoms with E-state index in [1.54, 1.807) is 39.0 Å². The molecular weight excluding hydrogens is 456 g/mol. The molecule has 2 aliphatic carbocycles. The Morgan fingerprint density at radius 2 is 1.39 bits per heavy atom. The van der Waals surface area contributed by atoms with Crippen LogP contribution in [-0.2, 0) is 9.59 Å². The van der Waals surface area contributed by atoms with Gasteiger partial charge in [-0.25, -0.2) is 0 Å². The van der Waals surface area contributed by atoms with Gasteiger partial charge in [0.15, 0.2) is 11.6 Å². The molecule has 0 aromatic heterocycles. The Morgan fingerprint density at radius 3 is 1.78 bits per heavy atom. The van der Waals surface area contributed by atoms with Crippen molar-refractivity contribution >= 4 is 11.6 Å². The van der Waals surface area contributed by atoms with Crippen molar-refractivity contribution in [1.82, 2.24) is 0 Å². The third-order valence-electron chi connectivity index (χ3n) is 6.94. The molecule has 2 aliphatic rings. The molecule has 36 heavy (non-hydrogen) atoms. The molecule has 3 atom stereocenters. The van der Waals surface area contributed by atoms with Crippen LogP contribution in [-0.4, -0.2) is 56.4 Å². The van der Waals surface area contributed by atoms with Gasteiger partial charge < -0.3 is 20.4 Å². The minimum absolute atomic E-state index is 0.00917. The Balaban J connectivity index is 0.000000360. The number of carbonyl (C=O) groups excluding carboxylic acids is 2. The second-order valence-electron chi connectivity index (χ2n) is 11.2. The number of Topliss-reactive ketones (excluding diaryl/α,β-unsaturated/α-hetero) is 2. The maximum absolute atomic E-state index is 11.8. The lowest BCUT2D eigenvalue weighted by Crippen LogP contribution is -2.35. The van der Waals surface area contributed by atoms with Gasteiger partial charge in [0.1, 0.15) is 12.2 Å². The van der Waals surface area contributed by atoms with E-state index in [1.807, 2.05) is 46.8 Å². The summed E-state index contributed by atoms with van der Waals surface area (Å²) >= 11 is 0. The fourth-order valence-corrected chi connectivity index (χ4v) is 4.60. The van der Waals surface area contributed by atoms with Crippen molar-refractivity contribution < 1.29 is 30.0 Å². The van der Waals surface area contributed by atoms with Crippen molar-refractivity contribution in [3.05, 3.63) is 70.9 Å². The van der Waals surface area contributed by atoms with Gasteiger partial charge >= 0.3 is 0 Å². The molecule has 2 rings (SSSR count). The Bertz CT molecular complexity index is 1010. The zero-order valence-corrected chi connectivity index (χ0v) is 23.1. The number of aliphatic hydroxyl groups is 4. The topological polar surface area (TPSA) is 115 Å². The summed E-state index contributed by atoms with van der Waals surface area (Å²) in [6.45, 7) is 18.6. The predicted octanol–water partition coefficient (Wildman–Crippen LogP) is 4.31. The maximum Gasteiger partial charge on any atom is 0.187 e. The first-order valence-corrected chi connectivity index (χ1v) is 12.3. The lowest BCUT2D eigenvalue weighted by molar-refractivity contribution is -0.126. The summed E-state index contributed by atoms with van der Waals surface area (Å²) in [5, 5.41) is 38.1. The van der Waals surface area contributed by atoms with E-state index in [-0.39, 0.29) is 29.0 Å². The monoisotopic (exact) mass is 500 g/mol. The van der Waals surface area contributed by atoms with Crippen LogP contribution in [0.2, 0.25) is 0 Å². The van der Waals surface area contributed by atoms with E-state index in [0.717, 1.165) is 16.7 Å². The van der Waals surface area contributed by atoms with E-state index < -0.39 is 17.8 Å². The highest BCUT2D eigenvalue weighted by Gasteiger charge is 2.37. The van der Waals surface area contributed by atoms with E-state index in [0.29, 0.717) is 24.0 Å². The van der Waals surface area contributed by atoms with Crippen molar-refractivity contribution in [1.29, 1.82) is 0 Å². The molecule has 6 nitrogen and oxygen atoms in total. The number of allylic oxidation sites excluding steroid dienone is 6. The van der Waals surface area contributed by atoms with Gasteiger partial charge in [0, 0.05) is 0 Å². The van der Waals surface area contributed by atoms with E-state index in [4.69, 9.17) is 5.11 Å². The molecule has 0 aliphatic heterocycles. The Kier molecular flexibility index (Phi) is 10.8. The molecule has 0 saturated heterocycles. The number of hydrogen-bond donors (Lipinski definition) is 4. The molecule has 0 fully saturated rings. The summed E-state index contributed by atoms with van der Waals surface area (Å²) < 4.78 is 0. The van der Waals surface area contributed by atoms with Crippen molar-refractivity contribution in [3.63, 3.8) is 0 Å². The van der Waals surface area contributed by atoms with E-state index in [9.17, 15) is 24.9 Å². The number of rotatable bonds is 6. The molecule has 3 unspecified atom stereocenters. The SMILES string of the molecule is C=CC(C)(O)/C=C/C1=C(C)C(=O)C(O)CC1(C)C.CC1=C(/C=C/C(C)=C/CO)C(C)(C)CC(O)C1=O. The van der Waals surface area contributed by atoms with Crippen molar-refractivity contribution in [2.24, 2.45) is 10.8 Å². The van der Waals surface area contributed by atoms with Crippen LogP contribution in [0.4, 0.5) is 0 Å². The van der Waals surface area contributed by atoms with Crippen LogP contribution >= 0.6 is 0 Å². The summed E-state index contributed by atoms with van der Waals surface area (Å²) in [6.07, 6.45) is 9.38. The van der Waals surface area contributed by atoms with Crippen LogP contribution < -0.4 is 0 Å². The van der Waals surface area contributed by atoms with Gasteiger partial charge in [0.05, 0.1) is 12.2 Å². The summed E-state index contributed by atoms with van der Waals surface area (Å²) in [5.41, 5.74) is 2.37. The minimum atomic E-state index is -1.09. The zero-order valence-electron chi connectivity index (χ0n) is 23.1. The molecule has 200 valence electrons. The Labute approximate surface area is 216 Å². The molecular formula is C30H44O6. The van der Waals surface area contributed by atoms with Gasteiger partial charge in [-0.05, 0) is 79.7 Å². The second kappa shape index (κ2) is 12.2. The first kappa shape index (κ1) is 31.6. The Morgan fingerprint density at radius 1 is 0.972 bits per heavy atom. The standard InChI is InChI=1S/2C15H22O3/c1-10(7-8-16)5-6-12-11(2)14(18)13(17)9-15(12,3)4;1-6-15(5,18)8-7-11-10(2)13(17)12(16)9-14(11,3)4/h5-7,13,16-17H,8-9H2,1-4H3;6-8,12,16,18H,1,9H2,2-5H3/b6-5+,10-7+;8-7+. The molecule has 4 N–H and O–H groups in total. The van der Waals surface area contributed by atoms with E-state index >= 15 is 0 Å². The van der Waals surface area contributed by atoms with Crippen molar-refractivity contribution in [2.75, 3.05) is 6.61 Å². The quantitative estimate of drug-likeness (QED) is 0.319. The number of aliphatic hydroxyl groups excluding tert-OH is 3. The predicted molar refractivity (Wildman–Crippen MR) is 144 cm³/mol. The van der Waals surface area contributed by atoms with E-state index in [1.165, 1.54) is 6.08 Å². The average molecular weight is 501 g/mol. The molecule has 0 saturated carbocycles. The van der Waals surface area contributed by atoms with Gasteiger partial charge in [-0.3, -0.25) is 9.59 Å². The Hall–Kier alpha value is -2.38. The number of ketones is 2. The van der Waals surface area contributed by atoms with Gasteiger partial charge in [-0.2, -0.15) is 0 Å². The summed E-state index contributed by atoms with van der Waals surface area (Å²) in [4.78, 5) is 23.6. The van der Waals surface area contributed by atoms with Gasteiger partial charge in [-0.15, -0.1) is 0 Å². The van der Waals surface area contributed by atoms with Gasteiger partial charge in [0.25, 0.3) is 0 Å². The first-order valence-electron chi connectivity index (χ1n) is 12.3.